The Morgan fingerprint density at radius 1 is 1.44 bits per heavy atom. The van der Waals surface area contributed by atoms with Gasteiger partial charge in [0.25, 0.3) is 0 Å². The van der Waals surface area contributed by atoms with Gasteiger partial charge in [0.15, 0.2) is 0 Å². The van der Waals surface area contributed by atoms with Gasteiger partial charge in [-0.3, -0.25) is 4.84 Å². The van der Waals surface area contributed by atoms with Gasteiger partial charge in [-0.15, -0.1) is 0 Å². The standard InChI is InChI=1S/C11H24N2O3/c1-5-6-9(7-12)8-15-13-10(14)16-11(2,3)4/h9H,5-8,12H2,1-4H3,(H,13,14). The smallest absolute Gasteiger partial charge is 0.431 e. The molecule has 5 heteroatoms. The summed E-state index contributed by atoms with van der Waals surface area (Å²) < 4.78 is 5.01. The molecule has 16 heavy (non-hydrogen) atoms. The molecular formula is C11H24N2O3. The van der Waals surface area contributed by atoms with Crippen LogP contribution in [0.2, 0.25) is 0 Å². The van der Waals surface area contributed by atoms with Crippen LogP contribution in [0.15, 0.2) is 0 Å². The van der Waals surface area contributed by atoms with Crippen LogP contribution >= 0.6 is 0 Å². The van der Waals surface area contributed by atoms with Gasteiger partial charge in [0.2, 0.25) is 0 Å². The second kappa shape index (κ2) is 7.46. The summed E-state index contributed by atoms with van der Waals surface area (Å²) >= 11 is 0. The molecule has 0 aromatic carbocycles. The van der Waals surface area contributed by atoms with Crippen LogP contribution in [-0.4, -0.2) is 24.8 Å². The number of rotatable bonds is 6. The van der Waals surface area contributed by atoms with E-state index in [0.717, 1.165) is 12.8 Å². The summed E-state index contributed by atoms with van der Waals surface area (Å²) in [7, 11) is 0. The summed E-state index contributed by atoms with van der Waals surface area (Å²) in [4.78, 5) is 16.2. The normalized spacial score (nSPS) is 13.3. The fourth-order valence-electron chi connectivity index (χ4n) is 1.19. The van der Waals surface area contributed by atoms with Gasteiger partial charge in [-0.2, -0.15) is 5.48 Å². The Labute approximate surface area is 97.6 Å². The predicted molar refractivity (Wildman–Crippen MR) is 62.8 cm³/mol. The van der Waals surface area contributed by atoms with Crippen LogP contribution in [0.3, 0.4) is 0 Å². The first kappa shape index (κ1) is 15.2. The molecule has 0 aliphatic heterocycles. The maximum absolute atomic E-state index is 11.2. The van der Waals surface area contributed by atoms with E-state index in [1.54, 1.807) is 20.8 Å². The molecule has 0 aliphatic rings. The first-order valence-corrected chi connectivity index (χ1v) is 5.70. The molecule has 0 saturated carbocycles. The number of nitrogens with two attached hydrogens (primary N) is 1. The number of carbonyl (C=O) groups is 1. The van der Waals surface area contributed by atoms with Gasteiger partial charge in [-0.05, 0) is 39.7 Å². The Balaban J connectivity index is 3.68. The second-order valence-corrected chi connectivity index (χ2v) is 4.81. The highest BCUT2D eigenvalue weighted by molar-refractivity contribution is 5.66. The maximum Gasteiger partial charge on any atom is 0.431 e. The van der Waals surface area contributed by atoms with Crippen LogP contribution in [0.5, 0.6) is 0 Å². The van der Waals surface area contributed by atoms with Crippen molar-refractivity contribution in [1.29, 1.82) is 0 Å². The van der Waals surface area contributed by atoms with Crippen molar-refractivity contribution in [3.63, 3.8) is 0 Å². The third-order valence-corrected chi connectivity index (χ3v) is 1.90. The summed E-state index contributed by atoms with van der Waals surface area (Å²) in [6.07, 6.45) is 1.48. The average Bonchev–Trinajstić information content (AvgIpc) is 2.13. The minimum atomic E-state index is -0.570. The molecule has 0 spiro atoms. The average molecular weight is 232 g/mol. The van der Waals surface area contributed by atoms with Crippen molar-refractivity contribution in [2.24, 2.45) is 11.7 Å². The van der Waals surface area contributed by atoms with Crippen LogP contribution in [0.25, 0.3) is 0 Å². The SMILES string of the molecule is CCCC(CN)CONC(=O)OC(C)(C)C. The van der Waals surface area contributed by atoms with E-state index >= 15 is 0 Å². The van der Waals surface area contributed by atoms with Crippen molar-refractivity contribution >= 4 is 6.09 Å². The summed E-state index contributed by atoms with van der Waals surface area (Å²) in [5.74, 6) is 0.278. The molecule has 0 fully saturated rings. The highest BCUT2D eigenvalue weighted by Gasteiger charge is 2.16. The molecule has 0 heterocycles. The summed E-state index contributed by atoms with van der Waals surface area (Å²) in [6.45, 7) is 8.46. The van der Waals surface area contributed by atoms with Gasteiger partial charge >= 0.3 is 6.09 Å². The van der Waals surface area contributed by atoms with Gasteiger partial charge in [-0.1, -0.05) is 13.3 Å². The van der Waals surface area contributed by atoms with E-state index in [-0.39, 0.29) is 5.92 Å². The third-order valence-electron chi connectivity index (χ3n) is 1.90. The zero-order valence-electron chi connectivity index (χ0n) is 10.7. The molecule has 0 aromatic rings. The lowest BCUT2D eigenvalue weighted by Crippen LogP contribution is -2.34. The van der Waals surface area contributed by atoms with Crippen molar-refractivity contribution in [1.82, 2.24) is 5.48 Å². The zero-order chi connectivity index (χ0) is 12.6. The number of ether oxygens (including phenoxy) is 1. The molecule has 5 nitrogen and oxygen atoms in total. The Morgan fingerprint density at radius 2 is 2.06 bits per heavy atom. The topological polar surface area (TPSA) is 73.6 Å². The first-order valence-electron chi connectivity index (χ1n) is 5.70. The second-order valence-electron chi connectivity index (χ2n) is 4.81. The summed E-state index contributed by atoms with van der Waals surface area (Å²) in [5.41, 5.74) is 7.29. The van der Waals surface area contributed by atoms with E-state index in [9.17, 15) is 4.79 Å². The fraction of sp³-hybridized carbons (Fsp3) is 0.909. The van der Waals surface area contributed by atoms with Gasteiger partial charge in [0.05, 0.1) is 6.61 Å². The Kier molecular flexibility index (Phi) is 7.08. The lowest BCUT2D eigenvalue weighted by atomic mass is 10.1. The van der Waals surface area contributed by atoms with E-state index in [0.29, 0.717) is 13.2 Å². The van der Waals surface area contributed by atoms with Crippen LogP contribution in [0.1, 0.15) is 40.5 Å². The highest BCUT2D eigenvalue weighted by Crippen LogP contribution is 2.07. The molecule has 0 aromatic heterocycles. The van der Waals surface area contributed by atoms with Gasteiger partial charge in [-0.25, -0.2) is 4.79 Å². The molecular weight excluding hydrogens is 208 g/mol. The molecule has 0 saturated heterocycles. The van der Waals surface area contributed by atoms with Crippen LogP contribution < -0.4 is 11.2 Å². The van der Waals surface area contributed by atoms with Crippen molar-refractivity contribution in [2.75, 3.05) is 13.2 Å². The van der Waals surface area contributed by atoms with E-state index in [1.807, 2.05) is 0 Å². The van der Waals surface area contributed by atoms with Crippen LogP contribution in [-0.2, 0) is 9.57 Å². The number of carbonyl (C=O) groups excluding carboxylic acids is 1. The lowest BCUT2D eigenvalue weighted by molar-refractivity contribution is -0.0177. The van der Waals surface area contributed by atoms with E-state index in [4.69, 9.17) is 15.3 Å². The maximum atomic E-state index is 11.2. The Bertz CT molecular complexity index is 202. The Hall–Kier alpha value is -0.810. The molecule has 1 amide bonds. The molecule has 3 N–H and O–H groups in total. The highest BCUT2D eigenvalue weighted by atomic mass is 16.7. The monoisotopic (exact) mass is 232 g/mol. The molecule has 1 atom stereocenters. The summed E-state index contributed by atoms with van der Waals surface area (Å²) in [6, 6.07) is 0. The van der Waals surface area contributed by atoms with Crippen molar-refractivity contribution in [2.45, 2.75) is 46.1 Å². The molecule has 0 rings (SSSR count). The fourth-order valence-corrected chi connectivity index (χ4v) is 1.19. The molecule has 1 unspecified atom stereocenters. The number of hydrogen-bond donors (Lipinski definition) is 2. The van der Waals surface area contributed by atoms with Gasteiger partial charge < -0.3 is 10.5 Å². The van der Waals surface area contributed by atoms with Crippen LogP contribution in [0.4, 0.5) is 4.79 Å². The third kappa shape index (κ3) is 8.49. The van der Waals surface area contributed by atoms with Gasteiger partial charge in [0, 0.05) is 0 Å². The zero-order valence-corrected chi connectivity index (χ0v) is 10.7. The Morgan fingerprint density at radius 3 is 2.50 bits per heavy atom. The molecule has 0 aliphatic carbocycles. The first-order chi connectivity index (χ1) is 7.39. The minimum Gasteiger partial charge on any atom is -0.442 e. The van der Waals surface area contributed by atoms with Crippen molar-refractivity contribution < 1.29 is 14.4 Å². The van der Waals surface area contributed by atoms with E-state index < -0.39 is 11.7 Å². The predicted octanol–water partition coefficient (Wildman–Crippen LogP) is 1.82. The van der Waals surface area contributed by atoms with Crippen molar-refractivity contribution in [3.8, 4) is 0 Å². The summed E-state index contributed by atoms with van der Waals surface area (Å²) in [5, 5.41) is 0. The van der Waals surface area contributed by atoms with Crippen LogP contribution in [0, 0.1) is 5.92 Å². The lowest BCUT2D eigenvalue weighted by Gasteiger charge is -2.20. The molecule has 96 valence electrons. The number of amides is 1. The molecule has 0 bridgehead atoms. The minimum absolute atomic E-state index is 0.278. The number of hydrogen-bond acceptors (Lipinski definition) is 4. The van der Waals surface area contributed by atoms with E-state index in [2.05, 4.69) is 12.4 Å². The van der Waals surface area contributed by atoms with E-state index in [1.165, 1.54) is 0 Å². The van der Waals surface area contributed by atoms with Gasteiger partial charge in [0.1, 0.15) is 5.60 Å². The number of hydroxylamine groups is 1. The number of nitrogens with one attached hydrogen (secondary N) is 1. The quantitative estimate of drug-likeness (QED) is 0.685. The van der Waals surface area contributed by atoms with Crippen molar-refractivity contribution in [3.05, 3.63) is 0 Å². The largest absolute Gasteiger partial charge is 0.442 e. The molecule has 0 radical (unpaired) electrons.